The molecule has 1 unspecified atom stereocenters. The number of urea groups is 1. The van der Waals surface area contributed by atoms with Gasteiger partial charge < -0.3 is 25.4 Å². The predicted octanol–water partition coefficient (Wildman–Crippen LogP) is 0.780. The van der Waals surface area contributed by atoms with Crippen LogP contribution in [0.25, 0.3) is 0 Å². The minimum Gasteiger partial charge on any atom is -0.481 e. The van der Waals surface area contributed by atoms with E-state index in [-0.39, 0.29) is 42.2 Å². The summed E-state index contributed by atoms with van der Waals surface area (Å²) >= 11 is 0. The molecule has 5 amide bonds. The molecular weight excluding hydrogens is 524 g/mol. The highest BCUT2D eigenvalue weighted by molar-refractivity contribution is 6.21. The highest BCUT2D eigenvalue weighted by Crippen LogP contribution is 2.24. The van der Waals surface area contributed by atoms with Gasteiger partial charge in [-0.05, 0) is 36.4 Å². The van der Waals surface area contributed by atoms with Gasteiger partial charge in [0.25, 0.3) is 11.8 Å². The second-order valence-electron chi connectivity index (χ2n) is 8.33. The maximum absolute atomic E-state index is 13.0. The number of hydrogen-bond donors (Lipinski definition) is 4. The van der Waals surface area contributed by atoms with E-state index in [9.17, 15) is 48.7 Å². The van der Waals surface area contributed by atoms with Crippen molar-refractivity contribution in [3.63, 3.8) is 0 Å². The van der Waals surface area contributed by atoms with Crippen LogP contribution in [0.2, 0.25) is 0 Å². The molecule has 2 rings (SSSR count). The van der Waals surface area contributed by atoms with E-state index in [0.29, 0.717) is 0 Å². The summed E-state index contributed by atoms with van der Waals surface area (Å²) < 4.78 is 5.04. The zero-order chi connectivity index (χ0) is 29.1. The molecular formula is C23H26N4O12. The molecule has 16 heteroatoms. The molecule has 0 aliphatic carbocycles. The van der Waals surface area contributed by atoms with Crippen LogP contribution >= 0.6 is 0 Å². The van der Waals surface area contributed by atoms with Crippen LogP contribution in [0.5, 0.6) is 0 Å². The summed E-state index contributed by atoms with van der Waals surface area (Å²) in [5.41, 5.74) is 0.761. The molecule has 0 bridgehead atoms. The third-order valence-corrected chi connectivity index (χ3v) is 5.67. The third-order valence-electron chi connectivity index (χ3n) is 5.67. The van der Waals surface area contributed by atoms with Crippen LogP contribution in [0.4, 0.5) is 9.59 Å². The van der Waals surface area contributed by atoms with Gasteiger partial charge in [0.05, 0.1) is 0 Å². The second-order valence-corrected chi connectivity index (χ2v) is 8.33. The predicted molar refractivity (Wildman–Crippen MR) is 127 cm³/mol. The lowest BCUT2D eigenvalue weighted by atomic mass is 10.0. The third kappa shape index (κ3) is 8.05. The van der Waals surface area contributed by atoms with Crippen molar-refractivity contribution in [2.45, 2.75) is 56.8 Å². The molecule has 16 nitrogen and oxygen atoms in total. The van der Waals surface area contributed by atoms with Crippen molar-refractivity contribution in [3.05, 3.63) is 40.8 Å². The Morgan fingerprint density at radius 1 is 0.897 bits per heavy atom. The highest BCUT2D eigenvalue weighted by Gasteiger charge is 2.54. The Hall–Kier alpha value is -4.89. The Balaban J connectivity index is 2.06. The monoisotopic (exact) mass is 550 g/mol. The van der Waals surface area contributed by atoms with Crippen molar-refractivity contribution in [3.8, 4) is 0 Å². The number of rotatable bonds is 15. The molecule has 1 aromatic carbocycles. The van der Waals surface area contributed by atoms with E-state index in [0.717, 1.165) is 5.56 Å². The van der Waals surface area contributed by atoms with Gasteiger partial charge >= 0.3 is 30.0 Å². The first-order valence-electron chi connectivity index (χ1n) is 11.6. The van der Waals surface area contributed by atoms with E-state index in [1.54, 1.807) is 30.3 Å². The normalized spacial score (nSPS) is 16.8. The van der Waals surface area contributed by atoms with Crippen LogP contribution in [0.3, 0.4) is 0 Å². The number of barbiturate groups is 1. The van der Waals surface area contributed by atoms with E-state index >= 15 is 0 Å². The van der Waals surface area contributed by atoms with Gasteiger partial charge in [0.2, 0.25) is 6.04 Å². The molecule has 1 aromatic rings. The molecule has 4 N–H and O–H groups in total. The number of carboxylic acid groups (broad SMARTS) is 3. The number of unbranched alkanes of at least 4 members (excludes halogenated alkanes) is 1. The molecule has 39 heavy (non-hydrogen) atoms. The first-order valence-corrected chi connectivity index (χ1v) is 11.6. The highest BCUT2D eigenvalue weighted by atomic mass is 16.5. The fourth-order valence-electron chi connectivity index (χ4n) is 3.75. The minimum atomic E-state index is -2.43. The summed E-state index contributed by atoms with van der Waals surface area (Å²) in [4.78, 5) is 95.9. The van der Waals surface area contributed by atoms with Gasteiger partial charge in [-0.2, -0.15) is 0 Å². The Morgan fingerprint density at radius 2 is 1.46 bits per heavy atom. The van der Waals surface area contributed by atoms with Gasteiger partial charge in [-0.15, -0.1) is 4.91 Å². The smallest absolute Gasteiger partial charge is 0.407 e. The van der Waals surface area contributed by atoms with E-state index < -0.39 is 72.8 Å². The van der Waals surface area contributed by atoms with Gasteiger partial charge in [-0.25, -0.2) is 29.0 Å². The van der Waals surface area contributed by atoms with Crippen molar-refractivity contribution >= 4 is 41.8 Å². The van der Waals surface area contributed by atoms with Gasteiger partial charge in [0, 0.05) is 13.0 Å². The van der Waals surface area contributed by atoms with Gasteiger partial charge in [-0.1, -0.05) is 30.3 Å². The number of nitrogens with zero attached hydrogens (tertiary/aromatic N) is 3. The summed E-state index contributed by atoms with van der Waals surface area (Å²) in [5, 5.41) is 32.8. The number of ether oxygens (including phenoxy) is 1. The number of carboxylic acids is 3. The molecule has 3 atom stereocenters. The first-order chi connectivity index (χ1) is 18.5. The summed E-state index contributed by atoms with van der Waals surface area (Å²) in [6, 6.07) is 0.787. The molecule has 1 aliphatic rings. The minimum absolute atomic E-state index is 0.0149. The average molecular weight is 550 g/mol. The fraction of sp³-hybridized carbons (Fsp3) is 0.435. The van der Waals surface area contributed by atoms with Gasteiger partial charge in [-0.3, -0.25) is 14.4 Å². The molecule has 0 aromatic heterocycles. The zero-order valence-electron chi connectivity index (χ0n) is 20.4. The molecule has 1 aliphatic heterocycles. The van der Waals surface area contributed by atoms with Crippen molar-refractivity contribution in [1.82, 2.24) is 15.1 Å². The molecule has 1 saturated heterocycles. The summed E-state index contributed by atoms with van der Waals surface area (Å²) in [6.45, 7) is 0.0686. The molecule has 210 valence electrons. The quantitative estimate of drug-likeness (QED) is 0.135. The lowest BCUT2D eigenvalue weighted by Crippen LogP contribution is -2.68. The lowest BCUT2D eigenvalue weighted by Gasteiger charge is -2.39. The summed E-state index contributed by atoms with van der Waals surface area (Å²) in [6.07, 6.45) is -2.46. The first kappa shape index (κ1) is 30.3. The molecule has 0 radical (unpaired) electrons. The topological polar surface area (TPSA) is 237 Å². The maximum Gasteiger partial charge on any atom is 0.407 e. The number of imide groups is 2. The van der Waals surface area contributed by atoms with E-state index in [4.69, 9.17) is 9.84 Å². The largest absolute Gasteiger partial charge is 0.481 e. The van der Waals surface area contributed by atoms with Crippen molar-refractivity contribution < 1.29 is 53.6 Å². The van der Waals surface area contributed by atoms with Crippen molar-refractivity contribution in [2.75, 3.05) is 6.54 Å². The molecule has 0 saturated carbocycles. The van der Waals surface area contributed by atoms with Crippen LogP contribution in [0.1, 0.15) is 37.7 Å². The number of benzene rings is 1. The molecule has 1 heterocycles. The Morgan fingerprint density at radius 3 is 1.97 bits per heavy atom. The van der Waals surface area contributed by atoms with Crippen molar-refractivity contribution in [1.29, 1.82) is 0 Å². The fourth-order valence-corrected chi connectivity index (χ4v) is 3.75. The second kappa shape index (κ2) is 14.2. The summed E-state index contributed by atoms with van der Waals surface area (Å²) in [7, 11) is 0. The van der Waals surface area contributed by atoms with Gasteiger partial charge in [0.1, 0.15) is 18.7 Å². The standard InChI is InChI=1S/C23H26N4O12/c28-16(29)10-9-15(21(34)35)27-19(31)17(25-38)18(30)26(23(27)37)14(20(32)33)8-4-5-11-24-22(36)39-12-13-6-2-1-3-7-13/h1-3,6-7,14-15,17H,4-5,8-12H2,(H,24,36)(H,28,29)(H,32,33)(H,34,35)/t14-,15-,17?/m0/s1. The van der Waals surface area contributed by atoms with Crippen LogP contribution in [0, 0.1) is 4.91 Å². The van der Waals surface area contributed by atoms with Crippen LogP contribution < -0.4 is 5.32 Å². The Bertz CT molecular complexity index is 1130. The Labute approximate surface area is 220 Å². The molecule has 1 fully saturated rings. The molecule has 0 spiro atoms. The van der Waals surface area contributed by atoms with E-state index in [2.05, 4.69) is 10.5 Å². The van der Waals surface area contributed by atoms with Crippen molar-refractivity contribution in [2.24, 2.45) is 5.18 Å². The van der Waals surface area contributed by atoms with Crippen LogP contribution in [0.15, 0.2) is 35.5 Å². The van der Waals surface area contributed by atoms with Crippen LogP contribution in [-0.4, -0.2) is 91.6 Å². The number of nitrogens with one attached hydrogen (secondary N) is 1. The number of hydrogen-bond acceptors (Lipinski definition) is 10. The SMILES string of the molecule is O=NC1C(=O)N([C@@H](CCCCNC(=O)OCc2ccccc2)C(=O)O)C(=O)N([C@@H](CCC(=O)O)C(=O)O)C1=O. The van der Waals surface area contributed by atoms with Gasteiger partial charge in [0.15, 0.2) is 0 Å². The number of amides is 5. The number of carbonyl (C=O) groups excluding carboxylic acids is 4. The lowest BCUT2D eigenvalue weighted by molar-refractivity contribution is -0.159. The Kier molecular flexibility index (Phi) is 11.0. The number of aliphatic carboxylic acids is 3. The van der Waals surface area contributed by atoms with Crippen LogP contribution in [-0.2, 0) is 35.3 Å². The number of nitroso groups, excluding NO2 is 1. The maximum atomic E-state index is 13.0. The number of carbonyl (C=O) groups is 7. The summed E-state index contributed by atoms with van der Waals surface area (Å²) in [5.74, 6) is -8.10. The average Bonchev–Trinajstić information content (AvgIpc) is 2.88. The van der Waals surface area contributed by atoms with E-state index in [1.165, 1.54) is 0 Å². The van der Waals surface area contributed by atoms with E-state index in [1.807, 2.05) is 0 Å². The zero-order valence-corrected chi connectivity index (χ0v) is 20.4. The number of alkyl carbamates (subject to hydrolysis) is 1.